The second-order valence-electron chi connectivity index (χ2n) is 6.44. The van der Waals surface area contributed by atoms with Gasteiger partial charge in [0.1, 0.15) is 0 Å². The van der Waals surface area contributed by atoms with Gasteiger partial charge < -0.3 is 4.74 Å². The molecule has 0 saturated carbocycles. The predicted molar refractivity (Wildman–Crippen MR) is 97.6 cm³/mol. The molecule has 0 bridgehead atoms. The Kier molecular flexibility index (Phi) is 13.9. The number of unbranched alkanes of at least 4 members (excludes halogenated alkanes) is 11. The summed E-state index contributed by atoms with van der Waals surface area (Å²) in [6.07, 6.45) is 12.9. The molecular formula is C18H34O5S. The van der Waals surface area contributed by atoms with E-state index in [2.05, 4.69) is 6.58 Å². The molecule has 142 valence electrons. The summed E-state index contributed by atoms with van der Waals surface area (Å²) in [5.41, 5.74) is 0.452. The molecule has 0 aromatic rings. The van der Waals surface area contributed by atoms with Crippen molar-refractivity contribution in [3.05, 3.63) is 12.2 Å². The van der Waals surface area contributed by atoms with Crippen LogP contribution in [0.2, 0.25) is 0 Å². The SMILES string of the molecule is C=C(C)C(=O)OCCCCCCCCCCCCCCS(=O)(=O)O. The molecule has 0 aliphatic carbocycles. The van der Waals surface area contributed by atoms with Crippen LogP contribution in [0.5, 0.6) is 0 Å². The molecule has 0 aliphatic rings. The van der Waals surface area contributed by atoms with Crippen molar-refractivity contribution in [1.82, 2.24) is 0 Å². The zero-order valence-corrected chi connectivity index (χ0v) is 15.9. The van der Waals surface area contributed by atoms with Crippen LogP contribution in [0.4, 0.5) is 0 Å². The highest BCUT2D eigenvalue weighted by Crippen LogP contribution is 2.12. The summed E-state index contributed by atoms with van der Waals surface area (Å²) in [6, 6.07) is 0. The minimum atomic E-state index is -3.78. The van der Waals surface area contributed by atoms with E-state index >= 15 is 0 Å². The van der Waals surface area contributed by atoms with E-state index < -0.39 is 10.1 Å². The molecule has 0 radical (unpaired) electrons. The fraction of sp³-hybridized carbons (Fsp3) is 0.833. The molecule has 6 heteroatoms. The molecule has 0 aromatic carbocycles. The number of carbonyl (C=O) groups excluding carboxylic acids is 1. The van der Waals surface area contributed by atoms with Gasteiger partial charge in [0, 0.05) is 5.57 Å². The molecule has 5 nitrogen and oxygen atoms in total. The number of rotatable bonds is 16. The van der Waals surface area contributed by atoms with Crippen LogP contribution in [0.15, 0.2) is 12.2 Å². The largest absolute Gasteiger partial charge is 0.462 e. The van der Waals surface area contributed by atoms with Crippen LogP contribution in [0.25, 0.3) is 0 Å². The fourth-order valence-electron chi connectivity index (χ4n) is 2.44. The van der Waals surface area contributed by atoms with Gasteiger partial charge in [-0.05, 0) is 19.8 Å². The summed E-state index contributed by atoms with van der Waals surface area (Å²) in [7, 11) is -3.78. The van der Waals surface area contributed by atoms with E-state index in [0.29, 0.717) is 18.6 Å². The van der Waals surface area contributed by atoms with E-state index in [1.54, 1.807) is 6.92 Å². The molecule has 1 N–H and O–H groups in total. The molecule has 0 heterocycles. The van der Waals surface area contributed by atoms with Crippen LogP contribution in [-0.2, 0) is 19.6 Å². The highest BCUT2D eigenvalue weighted by Gasteiger charge is 2.03. The van der Waals surface area contributed by atoms with Gasteiger partial charge in [-0.3, -0.25) is 4.55 Å². The zero-order valence-electron chi connectivity index (χ0n) is 15.1. The molecular weight excluding hydrogens is 328 g/mol. The van der Waals surface area contributed by atoms with Gasteiger partial charge in [-0.25, -0.2) is 4.79 Å². The van der Waals surface area contributed by atoms with E-state index in [9.17, 15) is 13.2 Å². The van der Waals surface area contributed by atoms with Crippen molar-refractivity contribution in [3.63, 3.8) is 0 Å². The third kappa shape index (κ3) is 17.5. The second kappa shape index (κ2) is 14.5. The highest BCUT2D eigenvalue weighted by atomic mass is 32.2. The molecule has 0 fully saturated rings. The van der Waals surface area contributed by atoms with Crippen LogP contribution in [0.3, 0.4) is 0 Å². The molecule has 0 spiro atoms. The lowest BCUT2D eigenvalue weighted by Gasteiger charge is -2.04. The van der Waals surface area contributed by atoms with Crippen LogP contribution < -0.4 is 0 Å². The maximum atomic E-state index is 11.1. The minimum absolute atomic E-state index is 0.112. The molecule has 0 aliphatic heterocycles. The number of hydrogen-bond donors (Lipinski definition) is 1. The first-order valence-corrected chi connectivity index (χ1v) is 10.7. The Balaban J connectivity index is 3.15. The van der Waals surface area contributed by atoms with E-state index in [0.717, 1.165) is 32.1 Å². The Morgan fingerprint density at radius 2 is 1.21 bits per heavy atom. The number of ether oxygens (including phenoxy) is 1. The first-order valence-electron chi connectivity index (χ1n) is 9.11. The summed E-state index contributed by atoms with van der Waals surface area (Å²) < 4.78 is 34.7. The molecule has 0 amide bonds. The van der Waals surface area contributed by atoms with Gasteiger partial charge in [0.25, 0.3) is 10.1 Å². The monoisotopic (exact) mass is 362 g/mol. The minimum Gasteiger partial charge on any atom is -0.462 e. The maximum Gasteiger partial charge on any atom is 0.333 e. The standard InChI is InChI=1S/C18H34O5S/c1-17(2)18(19)23-15-13-11-9-7-5-3-4-6-8-10-12-14-16-24(20,21)22/h1,3-16H2,2H3,(H,20,21,22). The van der Waals surface area contributed by atoms with Crippen molar-refractivity contribution >= 4 is 16.1 Å². The summed E-state index contributed by atoms with van der Waals surface area (Å²) in [5.74, 6) is -0.410. The summed E-state index contributed by atoms with van der Waals surface area (Å²) in [6.45, 7) is 5.68. The quantitative estimate of drug-likeness (QED) is 0.187. The number of esters is 1. The third-order valence-corrected chi connectivity index (χ3v) is 4.68. The van der Waals surface area contributed by atoms with Crippen LogP contribution in [0.1, 0.15) is 84.0 Å². The van der Waals surface area contributed by atoms with Crippen molar-refractivity contribution in [1.29, 1.82) is 0 Å². The summed E-state index contributed by atoms with van der Waals surface area (Å²) in [4.78, 5) is 11.1. The van der Waals surface area contributed by atoms with E-state index in [4.69, 9.17) is 9.29 Å². The second-order valence-corrected chi connectivity index (χ2v) is 8.02. The number of carbonyl (C=O) groups is 1. The lowest BCUT2D eigenvalue weighted by atomic mass is 10.1. The smallest absolute Gasteiger partial charge is 0.333 e. The van der Waals surface area contributed by atoms with E-state index in [-0.39, 0.29) is 11.7 Å². The topological polar surface area (TPSA) is 80.7 Å². The maximum absolute atomic E-state index is 11.1. The molecule has 0 aromatic heterocycles. The van der Waals surface area contributed by atoms with Gasteiger partial charge in [-0.15, -0.1) is 0 Å². The zero-order chi connectivity index (χ0) is 18.3. The van der Waals surface area contributed by atoms with Gasteiger partial charge in [-0.2, -0.15) is 8.42 Å². The van der Waals surface area contributed by atoms with Crippen LogP contribution in [-0.4, -0.2) is 31.3 Å². The van der Waals surface area contributed by atoms with E-state index in [1.807, 2.05) is 0 Å². The lowest BCUT2D eigenvalue weighted by molar-refractivity contribution is -0.139. The molecule has 0 rings (SSSR count). The first kappa shape index (κ1) is 23.1. The highest BCUT2D eigenvalue weighted by molar-refractivity contribution is 7.85. The van der Waals surface area contributed by atoms with Crippen molar-refractivity contribution in [2.75, 3.05) is 12.4 Å². The van der Waals surface area contributed by atoms with Gasteiger partial charge in [-0.1, -0.05) is 70.8 Å². The van der Waals surface area contributed by atoms with Gasteiger partial charge >= 0.3 is 5.97 Å². The van der Waals surface area contributed by atoms with Crippen LogP contribution in [0, 0.1) is 0 Å². The predicted octanol–water partition coefficient (Wildman–Crippen LogP) is 4.67. The van der Waals surface area contributed by atoms with Crippen molar-refractivity contribution in [2.45, 2.75) is 84.0 Å². The Hall–Kier alpha value is -0.880. The summed E-state index contributed by atoms with van der Waals surface area (Å²) >= 11 is 0. The van der Waals surface area contributed by atoms with E-state index in [1.165, 1.54) is 38.5 Å². The molecule has 24 heavy (non-hydrogen) atoms. The average Bonchev–Trinajstić information content (AvgIpc) is 2.49. The van der Waals surface area contributed by atoms with Crippen molar-refractivity contribution in [2.24, 2.45) is 0 Å². The Labute approximate surface area is 147 Å². The van der Waals surface area contributed by atoms with Gasteiger partial charge in [0.2, 0.25) is 0 Å². The fourth-order valence-corrected chi connectivity index (χ4v) is 3.01. The molecule has 0 atom stereocenters. The van der Waals surface area contributed by atoms with Crippen LogP contribution >= 0.6 is 0 Å². The molecule has 0 unspecified atom stereocenters. The number of hydrogen-bond acceptors (Lipinski definition) is 4. The van der Waals surface area contributed by atoms with Gasteiger partial charge in [0.05, 0.1) is 12.4 Å². The van der Waals surface area contributed by atoms with Crippen molar-refractivity contribution < 1.29 is 22.5 Å². The summed E-state index contributed by atoms with van der Waals surface area (Å²) in [5, 5.41) is 0. The lowest BCUT2D eigenvalue weighted by Crippen LogP contribution is -2.05. The Morgan fingerprint density at radius 1 is 0.833 bits per heavy atom. The molecule has 0 saturated heterocycles. The van der Waals surface area contributed by atoms with Gasteiger partial charge in [0.15, 0.2) is 0 Å². The Morgan fingerprint density at radius 3 is 1.58 bits per heavy atom. The Bertz CT molecular complexity index is 442. The normalized spacial score (nSPS) is 11.4. The first-order chi connectivity index (χ1) is 11.3. The van der Waals surface area contributed by atoms with Crippen molar-refractivity contribution in [3.8, 4) is 0 Å². The third-order valence-electron chi connectivity index (χ3n) is 3.88. The average molecular weight is 363 g/mol.